The van der Waals surface area contributed by atoms with Crippen molar-refractivity contribution in [2.75, 3.05) is 6.61 Å². The van der Waals surface area contributed by atoms with Gasteiger partial charge in [-0.15, -0.1) is 0 Å². The summed E-state index contributed by atoms with van der Waals surface area (Å²) >= 11 is 3.23. The van der Waals surface area contributed by atoms with Gasteiger partial charge in [0.2, 0.25) is 0 Å². The van der Waals surface area contributed by atoms with Gasteiger partial charge < -0.3 is 4.74 Å². The number of halogens is 2. The van der Waals surface area contributed by atoms with E-state index in [0.717, 1.165) is 5.56 Å². The van der Waals surface area contributed by atoms with Crippen molar-refractivity contribution >= 4 is 22.0 Å². The van der Waals surface area contributed by atoms with Crippen LogP contribution >= 0.6 is 15.9 Å². The minimum absolute atomic E-state index is 0.258. The van der Waals surface area contributed by atoms with Crippen LogP contribution in [0.2, 0.25) is 0 Å². The highest BCUT2D eigenvalue weighted by Crippen LogP contribution is 2.29. The van der Waals surface area contributed by atoms with Gasteiger partial charge in [0.15, 0.2) is 11.6 Å². The molecule has 0 amide bonds. The Balaban J connectivity index is 3.14. The molecule has 0 radical (unpaired) electrons. The van der Waals surface area contributed by atoms with Crippen molar-refractivity contribution in [3.63, 3.8) is 0 Å². The standard InChI is InChI=1S/C10H10BrFO/c1-3-7-5-8(11)10(13-4-2)9(12)6-7/h3,5-6H,1,4H2,2H3. The summed E-state index contributed by atoms with van der Waals surface area (Å²) < 4.78 is 19.0. The van der Waals surface area contributed by atoms with Gasteiger partial charge in [-0.3, -0.25) is 0 Å². The lowest BCUT2D eigenvalue weighted by molar-refractivity contribution is 0.319. The molecule has 0 saturated heterocycles. The van der Waals surface area contributed by atoms with Crippen LogP contribution in [0.15, 0.2) is 23.2 Å². The Morgan fingerprint density at radius 2 is 2.31 bits per heavy atom. The number of benzene rings is 1. The molecule has 0 fully saturated rings. The van der Waals surface area contributed by atoms with Gasteiger partial charge in [-0.2, -0.15) is 0 Å². The second-order valence-corrected chi connectivity index (χ2v) is 3.31. The Bertz CT molecular complexity index is 300. The molecule has 0 unspecified atom stereocenters. The molecule has 0 saturated carbocycles. The molecule has 1 nitrogen and oxygen atoms in total. The van der Waals surface area contributed by atoms with Crippen molar-refractivity contribution < 1.29 is 9.13 Å². The molecule has 0 spiro atoms. The minimum atomic E-state index is -0.369. The summed E-state index contributed by atoms with van der Waals surface area (Å²) in [5.41, 5.74) is 0.729. The fourth-order valence-electron chi connectivity index (χ4n) is 0.980. The van der Waals surface area contributed by atoms with Crippen LogP contribution in [0, 0.1) is 5.82 Å². The van der Waals surface area contributed by atoms with Crippen molar-refractivity contribution in [3.05, 3.63) is 34.6 Å². The molecule has 0 aliphatic carbocycles. The second kappa shape index (κ2) is 4.42. The number of ether oxygens (including phenoxy) is 1. The zero-order chi connectivity index (χ0) is 9.84. The molecule has 0 aliphatic heterocycles. The molecule has 0 atom stereocenters. The number of hydrogen-bond acceptors (Lipinski definition) is 1. The molecule has 0 bridgehead atoms. The fourth-order valence-corrected chi connectivity index (χ4v) is 1.55. The summed E-state index contributed by atoms with van der Waals surface area (Å²) in [4.78, 5) is 0. The van der Waals surface area contributed by atoms with Crippen LogP contribution < -0.4 is 4.74 Å². The highest BCUT2D eigenvalue weighted by atomic mass is 79.9. The highest BCUT2D eigenvalue weighted by Gasteiger charge is 2.08. The Labute approximate surface area is 85.3 Å². The van der Waals surface area contributed by atoms with Crippen LogP contribution in [0.3, 0.4) is 0 Å². The monoisotopic (exact) mass is 244 g/mol. The average molecular weight is 245 g/mol. The lowest BCUT2D eigenvalue weighted by atomic mass is 10.2. The van der Waals surface area contributed by atoms with E-state index in [4.69, 9.17) is 4.74 Å². The molecular weight excluding hydrogens is 235 g/mol. The van der Waals surface area contributed by atoms with Gasteiger partial charge in [-0.05, 0) is 40.5 Å². The first-order valence-electron chi connectivity index (χ1n) is 3.93. The van der Waals surface area contributed by atoms with E-state index in [1.807, 2.05) is 6.92 Å². The molecule has 0 N–H and O–H groups in total. The molecule has 3 heteroatoms. The normalized spacial score (nSPS) is 9.77. The van der Waals surface area contributed by atoms with E-state index in [-0.39, 0.29) is 11.6 Å². The number of hydrogen-bond donors (Lipinski definition) is 0. The summed E-state index contributed by atoms with van der Waals surface area (Å²) in [7, 11) is 0. The Hall–Kier alpha value is -0.830. The van der Waals surface area contributed by atoms with Crippen molar-refractivity contribution in [2.24, 2.45) is 0 Å². The molecule has 70 valence electrons. The van der Waals surface area contributed by atoms with Crippen molar-refractivity contribution in [2.45, 2.75) is 6.92 Å². The largest absolute Gasteiger partial charge is 0.490 e. The first-order chi connectivity index (χ1) is 6.19. The summed E-state index contributed by atoms with van der Waals surface area (Å²) in [5, 5.41) is 0. The van der Waals surface area contributed by atoms with Crippen LogP contribution in [-0.2, 0) is 0 Å². The van der Waals surface area contributed by atoms with Gasteiger partial charge >= 0.3 is 0 Å². The Morgan fingerprint density at radius 3 is 2.77 bits per heavy atom. The summed E-state index contributed by atoms with van der Waals surface area (Å²) in [6.07, 6.45) is 1.59. The molecule has 1 rings (SSSR count). The van der Waals surface area contributed by atoms with Gasteiger partial charge in [-0.25, -0.2) is 4.39 Å². The Morgan fingerprint density at radius 1 is 1.62 bits per heavy atom. The van der Waals surface area contributed by atoms with Gasteiger partial charge in [-0.1, -0.05) is 12.7 Å². The fraction of sp³-hybridized carbons (Fsp3) is 0.200. The van der Waals surface area contributed by atoms with Gasteiger partial charge in [0, 0.05) is 0 Å². The molecule has 0 aliphatic rings. The SMILES string of the molecule is C=Cc1cc(F)c(OCC)c(Br)c1. The quantitative estimate of drug-likeness (QED) is 0.790. The topological polar surface area (TPSA) is 9.23 Å². The van der Waals surface area contributed by atoms with E-state index in [2.05, 4.69) is 22.5 Å². The molecular formula is C10H10BrFO. The van der Waals surface area contributed by atoms with E-state index in [1.54, 1.807) is 12.1 Å². The molecule has 1 aromatic carbocycles. The van der Waals surface area contributed by atoms with Crippen LogP contribution in [0.5, 0.6) is 5.75 Å². The minimum Gasteiger partial charge on any atom is -0.490 e. The average Bonchev–Trinajstić information content (AvgIpc) is 2.11. The lowest BCUT2D eigenvalue weighted by Crippen LogP contribution is -1.96. The molecule has 13 heavy (non-hydrogen) atoms. The van der Waals surface area contributed by atoms with Crippen LogP contribution in [0.4, 0.5) is 4.39 Å². The van der Waals surface area contributed by atoms with Crippen molar-refractivity contribution in [1.29, 1.82) is 0 Å². The smallest absolute Gasteiger partial charge is 0.169 e. The van der Waals surface area contributed by atoms with E-state index in [1.165, 1.54) is 6.07 Å². The van der Waals surface area contributed by atoms with E-state index in [0.29, 0.717) is 11.1 Å². The van der Waals surface area contributed by atoms with Crippen LogP contribution in [0.1, 0.15) is 12.5 Å². The summed E-state index contributed by atoms with van der Waals surface area (Å²) in [6.45, 7) is 5.82. The molecule has 0 heterocycles. The van der Waals surface area contributed by atoms with E-state index in [9.17, 15) is 4.39 Å². The van der Waals surface area contributed by atoms with Crippen molar-refractivity contribution in [1.82, 2.24) is 0 Å². The first-order valence-corrected chi connectivity index (χ1v) is 4.72. The first kappa shape index (κ1) is 10.3. The maximum atomic E-state index is 13.3. The summed E-state index contributed by atoms with van der Waals surface area (Å²) in [6, 6.07) is 3.16. The maximum absolute atomic E-state index is 13.3. The maximum Gasteiger partial charge on any atom is 0.169 e. The third-order valence-corrected chi connectivity index (χ3v) is 2.13. The van der Waals surface area contributed by atoms with Gasteiger partial charge in [0.05, 0.1) is 11.1 Å². The zero-order valence-electron chi connectivity index (χ0n) is 7.31. The Kier molecular flexibility index (Phi) is 3.48. The zero-order valence-corrected chi connectivity index (χ0v) is 8.90. The molecule has 0 aromatic heterocycles. The van der Waals surface area contributed by atoms with Crippen LogP contribution in [0.25, 0.3) is 6.08 Å². The third kappa shape index (κ3) is 2.31. The number of rotatable bonds is 3. The van der Waals surface area contributed by atoms with Crippen LogP contribution in [-0.4, -0.2) is 6.61 Å². The van der Waals surface area contributed by atoms with Gasteiger partial charge in [0.1, 0.15) is 0 Å². The lowest BCUT2D eigenvalue weighted by Gasteiger charge is -2.07. The highest BCUT2D eigenvalue weighted by molar-refractivity contribution is 9.10. The third-order valence-electron chi connectivity index (χ3n) is 1.54. The predicted octanol–water partition coefficient (Wildman–Crippen LogP) is 3.63. The van der Waals surface area contributed by atoms with Crippen molar-refractivity contribution in [3.8, 4) is 5.75 Å². The molecule has 1 aromatic rings. The van der Waals surface area contributed by atoms with Gasteiger partial charge in [0.25, 0.3) is 0 Å². The van der Waals surface area contributed by atoms with E-state index < -0.39 is 0 Å². The van der Waals surface area contributed by atoms with E-state index >= 15 is 0 Å². The predicted molar refractivity (Wildman–Crippen MR) is 55.4 cm³/mol. The summed E-state index contributed by atoms with van der Waals surface area (Å²) in [5.74, 6) is -0.112. The second-order valence-electron chi connectivity index (χ2n) is 2.45.